The van der Waals surface area contributed by atoms with Gasteiger partial charge in [0.15, 0.2) is 0 Å². The quantitative estimate of drug-likeness (QED) is 0.725. The third kappa shape index (κ3) is 1.65. The van der Waals surface area contributed by atoms with Gasteiger partial charge in [0.1, 0.15) is 5.75 Å². The van der Waals surface area contributed by atoms with E-state index in [-0.39, 0.29) is 0 Å². The summed E-state index contributed by atoms with van der Waals surface area (Å²) in [5, 5.41) is 0. The third-order valence-corrected chi connectivity index (χ3v) is 2.79. The Bertz CT molecular complexity index is 625. The summed E-state index contributed by atoms with van der Waals surface area (Å²) in [6.07, 6.45) is 1.79. The van der Waals surface area contributed by atoms with Crippen LogP contribution in [0.15, 0.2) is 48.7 Å². The highest BCUT2D eigenvalue weighted by atomic mass is 16.5. The first-order valence-electron chi connectivity index (χ1n) is 5.45. The van der Waals surface area contributed by atoms with Gasteiger partial charge in [0.05, 0.1) is 23.8 Å². The molecule has 0 fully saturated rings. The van der Waals surface area contributed by atoms with Gasteiger partial charge in [-0.3, -0.25) is 4.98 Å². The van der Waals surface area contributed by atoms with Crippen molar-refractivity contribution in [1.29, 1.82) is 0 Å². The Morgan fingerprint density at radius 1 is 1.12 bits per heavy atom. The summed E-state index contributed by atoms with van der Waals surface area (Å²) in [5.41, 5.74) is 4.07. The van der Waals surface area contributed by atoms with Crippen LogP contribution < -0.4 is 4.74 Å². The second-order valence-electron chi connectivity index (χ2n) is 3.82. The van der Waals surface area contributed by atoms with Gasteiger partial charge < -0.3 is 9.72 Å². The number of nitrogens with one attached hydrogen (secondary N) is 1. The van der Waals surface area contributed by atoms with Gasteiger partial charge in [-0.05, 0) is 30.3 Å². The Kier molecular flexibility index (Phi) is 2.29. The number of aromatic amines is 1. The van der Waals surface area contributed by atoms with Crippen LogP contribution in [0.25, 0.3) is 22.3 Å². The van der Waals surface area contributed by atoms with Gasteiger partial charge in [-0.15, -0.1) is 0 Å². The highest BCUT2D eigenvalue weighted by Crippen LogP contribution is 2.30. The molecule has 0 amide bonds. The number of methoxy groups -OCH3 is 1. The zero-order valence-corrected chi connectivity index (χ0v) is 9.47. The number of benzene rings is 1. The summed E-state index contributed by atoms with van der Waals surface area (Å²) >= 11 is 0. The highest BCUT2D eigenvalue weighted by molar-refractivity contribution is 5.83. The number of hydrogen-bond acceptors (Lipinski definition) is 2. The van der Waals surface area contributed by atoms with Crippen LogP contribution in [-0.4, -0.2) is 17.1 Å². The first-order chi connectivity index (χ1) is 8.38. The summed E-state index contributed by atoms with van der Waals surface area (Å²) in [6.45, 7) is 0. The van der Waals surface area contributed by atoms with E-state index in [2.05, 4.69) is 9.97 Å². The predicted molar refractivity (Wildman–Crippen MR) is 68.1 cm³/mol. The molecule has 0 aliphatic heterocycles. The van der Waals surface area contributed by atoms with Crippen molar-refractivity contribution < 1.29 is 4.74 Å². The minimum absolute atomic E-state index is 0.860. The van der Waals surface area contributed by atoms with Crippen molar-refractivity contribution in [3.8, 4) is 17.0 Å². The maximum atomic E-state index is 5.36. The van der Waals surface area contributed by atoms with Crippen LogP contribution >= 0.6 is 0 Å². The van der Waals surface area contributed by atoms with Crippen LogP contribution in [-0.2, 0) is 0 Å². The van der Waals surface area contributed by atoms with Gasteiger partial charge in [0, 0.05) is 11.8 Å². The summed E-state index contributed by atoms with van der Waals surface area (Å²) < 4.78 is 5.36. The standard InChI is InChI=1S/C14H12N2O/c1-17-14-7-3-2-5-10(14)12-9-13-11(16-12)6-4-8-15-13/h2-9,16H,1H3. The minimum atomic E-state index is 0.860. The SMILES string of the molecule is COc1ccccc1-c1cc2ncccc2[nH]1. The zero-order valence-electron chi connectivity index (χ0n) is 9.47. The Balaban J connectivity index is 2.20. The van der Waals surface area contributed by atoms with Gasteiger partial charge in [-0.25, -0.2) is 0 Å². The van der Waals surface area contributed by atoms with Crippen molar-refractivity contribution in [2.45, 2.75) is 0 Å². The van der Waals surface area contributed by atoms with Crippen LogP contribution in [0.5, 0.6) is 5.75 Å². The Hall–Kier alpha value is -2.29. The molecule has 0 aliphatic carbocycles. The Labute approximate surface area is 99.1 Å². The summed E-state index contributed by atoms with van der Waals surface area (Å²) in [5.74, 6) is 0.860. The zero-order chi connectivity index (χ0) is 11.7. The topological polar surface area (TPSA) is 37.9 Å². The second kappa shape index (κ2) is 3.94. The first kappa shape index (κ1) is 9.90. The van der Waals surface area contributed by atoms with E-state index in [1.165, 1.54) is 0 Å². The predicted octanol–water partition coefficient (Wildman–Crippen LogP) is 3.24. The molecule has 0 bridgehead atoms. The lowest BCUT2D eigenvalue weighted by molar-refractivity contribution is 0.416. The fraction of sp³-hybridized carbons (Fsp3) is 0.0714. The normalized spacial score (nSPS) is 10.6. The Morgan fingerprint density at radius 3 is 2.82 bits per heavy atom. The van der Waals surface area contributed by atoms with Crippen LogP contribution in [0.1, 0.15) is 0 Å². The fourth-order valence-electron chi connectivity index (χ4n) is 1.97. The maximum absolute atomic E-state index is 5.36. The van der Waals surface area contributed by atoms with Crippen molar-refractivity contribution in [2.24, 2.45) is 0 Å². The molecular weight excluding hydrogens is 212 g/mol. The largest absolute Gasteiger partial charge is 0.496 e. The van der Waals surface area contributed by atoms with Crippen molar-refractivity contribution >= 4 is 11.0 Å². The summed E-state index contributed by atoms with van der Waals surface area (Å²) in [6, 6.07) is 13.9. The molecule has 1 aromatic carbocycles. The summed E-state index contributed by atoms with van der Waals surface area (Å²) in [4.78, 5) is 7.65. The van der Waals surface area contributed by atoms with Crippen LogP contribution in [0.3, 0.4) is 0 Å². The van der Waals surface area contributed by atoms with E-state index in [0.717, 1.165) is 28.0 Å². The van der Waals surface area contributed by atoms with E-state index in [9.17, 15) is 0 Å². The average Bonchev–Trinajstić information content (AvgIpc) is 2.82. The van der Waals surface area contributed by atoms with Crippen LogP contribution in [0.2, 0.25) is 0 Å². The molecule has 3 aromatic rings. The molecule has 0 unspecified atom stereocenters. The molecule has 2 heterocycles. The van der Waals surface area contributed by atoms with E-state index >= 15 is 0 Å². The first-order valence-corrected chi connectivity index (χ1v) is 5.45. The lowest BCUT2D eigenvalue weighted by Crippen LogP contribution is -1.86. The van der Waals surface area contributed by atoms with Gasteiger partial charge >= 0.3 is 0 Å². The number of para-hydroxylation sites is 1. The lowest BCUT2D eigenvalue weighted by Gasteiger charge is -2.05. The maximum Gasteiger partial charge on any atom is 0.128 e. The lowest BCUT2D eigenvalue weighted by atomic mass is 10.1. The molecule has 0 radical (unpaired) electrons. The van der Waals surface area contributed by atoms with Gasteiger partial charge in [0.2, 0.25) is 0 Å². The fourth-order valence-corrected chi connectivity index (χ4v) is 1.97. The molecule has 17 heavy (non-hydrogen) atoms. The van der Waals surface area contributed by atoms with Gasteiger partial charge in [0.25, 0.3) is 0 Å². The van der Waals surface area contributed by atoms with Crippen molar-refractivity contribution in [3.05, 3.63) is 48.7 Å². The van der Waals surface area contributed by atoms with E-state index < -0.39 is 0 Å². The minimum Gasteiger partial charge on any atom is -0.496 e. The van der Waals surface area contributed by atoms with E-state index in [4.69, 9.17) is 4.74 Å². The number of hydrogen-bond donors (Lipinski definition) is 1. The smallest absolute Gasteiger partial charge is 0.128 e. The number of H-pyrrole nitrogens is 1. The van der Waals surface area contributed by atoms with Crippen LogP contribution in [0, 0.1) is 0 Å². The number of pyridine rings is 1. The molecule has 1 N–H and O–H groups in total. The van der Waals surface area contributed by atoms with Crippen molar-refractivity contribution in [2.75, 3.05) is 7.11 Å². The molecule has 3 rings (SSSR count). The number of ether oxygens (including phenoxy) is 1. The monoisotopic (exact) mass is 224 g/mol. The number of fused-ring (bicyclic) bond motifs is 1. The van der Waals surface area contributed by atoms with E-state index in [1.54, 1.807) is 13.3 Å². The molecule has 3 heteroatoms. The van der Waals surface area contributed by atoms with Gasteiger partial charge in [-0.2, -0.15) is 0 Å². The molecule has 0 aliphatic rings. The molecule has 84 valence electrons. The van der Waals surface area contributed by atoms with E-state index in [0.29, 0.717) is 0 Å². The van der Waals surface area contributed by atoms with Crippen molar-refractivity contribution in [3.63, 3.8) is 0 Å². The molecule has 3 nitrogen and oxygen atoms in total. The van der Waals surface area contributed by atoms with Crippen LogP contribution in [0.4, 0.5) is 0 Å². The molecule has 2 aromatic heterocycles. The van der Waals surface area contributed by atoms with Gasteiger partial charge in [-0.1, -0.05) is 12.1 Å². The molecule has 0 saturated heterocycles. The Morgan fingerprint density at radius 2 is 2.00 bits per heavy atom. The molecule has 0 saturated carbocycles. The average molecular weight is 224 g/mol. The highest BCUT2D eigenvalue weighted by Gasteiger charge is 2.07. The van der Waals surface area contributed by atoms with Crippen molar-refractivity contribution in [1.82, 2.24) is 9.97 Å². The third-order valence-electron chi connectivity index (χ3n) is 2.79. The summed E-state index contributed by atoms with van der Waals surface area (Å²) in [7, 11) is 1.68. The molecule has 0 atom stereocenters. The number of aromatic nitrogens is 2. The van der Waals surface area contributed by atoms with E-state index in [1.807, 2.05) is 42.5 Å². The number of rotatable bonds is 2. The molecule has 0 spiro atoms. The molecular formula is C14H12N2O. The number of nitrogens with zero attached hydrogens (tertiary/aromatic N) is 1. The second-order valence-corrected chi connectivity index (χ2v) is 3.82.